The van der Waals surface area contributed by atoms with E-state index in [2.05, 4.69) is 0 Å². The number of rotatable bonds is 17. The van der Waals surface area contributed by atoms with E-state index in [-0.39, 0.29) is 72.8 Å². The summed E-state index contributed by atoms with van der Waals surface area (Å²) in [7, 11) is 0. The molecule has 6 aromatic rings. The Kier molecular flexibility index (Phi) is 13.7. The van der Waals surface area contributed by atoms with Crippen LogP contribution in [0.25, 0.3) is 0 Å². The summed E-state index contributed by atoms with van der Waals surface area (Å²) in [5, 5.41) is 256. The number of aromatic hydroxyl groups is 18. The van der Waals surface area contributed by atoms with E-state index in [1.807, 2.05) is 0 Å². The van der Waals surface area contributed by atoms with Gasteiger partial charge in [-0.2, -0.15) is 0 Å². The zero-order valence-corrected chi connectivity index (χ0v) is 38.1. The Bertz CT molecular complexity index is 3430. The van der Waals surface area contributed by atoms with E-state index in [0.29, 0.717) is 0 Å². The van der Waals surface area contributed by atoms with Crippen LogP contribution in [0.2, 0.25) is 0 Å². The highest BCUT2D eigenvalue weighted by Gasteiger charge is 2.86. The van der Waals surface area contributed by atoms with Crippen molar-refractivity contribution in [3.8, 4) is 103 Å². The van der Waals surface area contributed by atoms with Crippen LogP contribution in [-0.4, -0.2) is 186 Å². The van der Waals surface area contributed by atoms with Crippen molar-refractivity contribution in [2.24, 2.45) is 0 Å². The van der Waals surface area contributed by atoms with Crippen molar-refractivity contribution in [2.75, 3.05) is 0 Å². The first-order valence-electron chi connectivity index (χ1n) is 20.8. The highest BCUT2D eigenvalue weighted by Crippen LogP contribution is 2.55. The van der Waals surface area contributed by atoms with Gasteiger partial charge in [-0.1, -0.05) is 0 Å². The zero-order chi connectivity index (χ0) is 59.0. The Morgan fingerprint density at radius 1 is 0.256 bits per heavy atom. The summed E-state index contributed by atoms with van der Waals surface area (Å²) in [6.45, 7) is 0. The van der Waals surface area contributed by atoms with E-state index >= 15 is 24.0 Å². The van der Waals surface area contributed by atoms with Crippen LogP contribution >= 0.6 is 0 Å². The summed E-state index contributed by atoms with van der Waals surface area (Å²) in [5.74, 6) is -48.9. The highest BCUT2D eigenvalue weighted by molar-refractivity contribution is 6.32. The number of hydrogen-bond acceptors (Lipinski definition) is 30. The molecule has 0 aromatic heterocycles. The lowest BCUT2D eigenvalue weighted by Gasteiger charge is -2.56. The van der Waals surface area contributed by atoms with Crippen molar-refractivity contribution in [2.45, 2.75) is 28.0 Å². The van der Waals surface area contributed by atoms with Gasteiger partial charge in [-0.15, -0.1) is 0 Å². The second kappa shape index (κ2) is 18.9. The van der Waals surface area contributed by atoms with Crippen LogP contribution < -0.4 is 0 Å². The molecule has 0 aliphatic heterocycles. The molecule has 0 heterocycles. The maximum Gasteiger partial charge on any atom is 0.230 e. The summed E-state index contributed by atoms with van der Waals surface area (Å²) in [4.78, 5) is 107. The Labute approximate surface area is 428 Å². The van der Waals surface area contributed by atoms with Crippen LogP contribution in [0, 0.1) is 0 Å². The fraction of sp³-hybridized carbons (Fsp3) is 0.104. The number of ketones is 6. The topological polar surface area (TPSA) is 585 Å². The third-order valence-corrected chi connectivity index (χ3v) is 12.3. The smallest absolute Gasteiger partial charge is 0.230 e. The monoisotopic (exact) mass is 1090 g/mol. The second-order valence-electron chi connectivity index (χ2n) is 16.9. The molecule has 0 amide bonds. The van der Waals surface area contributed by atoms with Gasteiger partial charge in [0.15, 0.2) is 110 Å². The van der Waals surface area contributed by atoms with Gasteiger partial charge in [0, 0.05) is 33.4 Å². The molecule has 0 saturated carbocycles. The van der Waals surface area contributed by atoms with Gasteiger partial charge in [0.25, 0.3) is 0 Å². The van der Waals surface area contributed by atoms with Crippen molar-refractivity contribution >= 4 is 41.0 Å². The number of benzene rings is 6. The molecule has 4 atom stereocenters. The molecule has 0 aliphatic carbocycles. The molecular formula is C48H36O30. The molecule has 23 N–H and O–H groups in total. The first kappa shape index (κ1) is 56.5. The van der Waals surface area contributed by atoms with E-state index in [4.69, 9.17) is 0 Å². The average Bonchev–Trinajstić information content (AvgIpc) is 3.39. The highest BCUT2D eigenvalue weighted by atomic mass is 16.5. The number of carbonyl (C=O) groups excluding carboxylic acids is 7. The molecule has 0 fully saturated rings. The van der Waals surface area contributed by atoms with Gasteiger partial charge in [-0.25, -0.2) is 0 Å². The van der Waals surface area contributed by atoms with Crippen LogP contribution in [0.3, 0.4) is 0 Å². The molecule has 0 unspecified atom stereocenters. The third kappa shape index (κ3) is 7.92. The van der Waals surface area contributed by atoms with Gasteiger partial charge < -0.3 is 117 Å². The van der Waals surface area contributed by atoms with Crippen molar-refractivity contribution in [3.05, 3.63) is 106 Å². The van der Waals surface area contributed by atoms with E-state index < -0.39 is 206 Å². The largest absolute Gasteiger partial charge is 0.504 e. The fourth-order valence-electron chi connectivity index (χ4n) is 8.21. The molecule has 0 bridgehead atoms. The molecule has 78 heavy (non-hydrogen) atoms. The van der Waals surface area contributed by atoms with E-state index in [1.165, 1.54) is 0 Å². The van der Waals surface area contributed by atoms with Crippen LogP contribution in [-0.2, 0) is 4.79 Å². The van der Waals surface area contributed by atoms with Gasteiger partial charge in [0.2, 0.25) is 62.7 Å². The summed E-state index contributed by atoms with van der Waals surface area (Å²) in [5.41, 5.74) is -41.4. The molecule has 0 radical (unpaired) electrons. The van der Waals surface area contributed by atoms with Crippen LogP contribution in [0.15, 0.2) is 72.8 Å². The third-order valence-electron chi connectivity index (χ3n) is 12.3. The number of phenols is 18. The van der Waals surface area contributed by atoms with Gasteiger partial charge in [0.05, 0.1) is 0 Å². The molecule has 6 rings (SSSR count). The molecule has 0 aliphatic rings. The van der Waals surface area contributed by atoms with Crippen LogP contribution in [0.1, 0.15) is 62.1 Å². The number of phenolic OH excluding ortho intramolecular Hbond substituents is 18. The first-order chi connectivity index (χ1) is 35.9. The van der Waals surface area contributed by atoms with E-state index in [0.717, 1.165) is 0 Å². The number of hydrogen-bond donors (Lipinski definition) is 23. The Morgan fingerprint density at radius 3 is 0.628 bits per heavy atom. The maximum absolute atomic E-state index is 15.9. The van der Waals surface area contributed by atoms with Gasteiger partial charge in [0.1, 0.15) is 0 Å². The quantitative estimate of drug-likeness (QED) is 0.0222. The van der Waals surface area contributed by atoms with Crippen molar-refractivity contribution in [1.82, 2.24) is 0 Å². The minimum Gasteiger partial charge on any atom is -0.504 e. The van der Waals surface area contributed by atoms with Gasteiger partial charge in [-0.05, 0) is 72.8 Å². The average molecular weight is 1090 g/mol. The fourth-order valence-corrected chi connectivity index (χ4v) is 8.21. The molecular weight excluding hydrogens is 1060 g/mol. The zero-order valence-electron chi connectivity index (χ0n) is 38.1. The number of carbonyl (C=O) groups is 7. The van der Waals surface area contributed by atoms with Crippen molar-refractivity contribution in [3.63, 3.8) is 0 Å². The van der Waals surface area contributed by atoms with Crippen molar-refractivity contribution in [1.29, 1.82) is 0 Å². The molecule has 0 saturated heterocycles. The Morgan fingerprint density at radius 2 is 0.423 bits per heavy atom. The van der Waals surface area contributed by atoms with Crippen molar-refractivity contribution < 1.29 is 151 Å². The second-order valence-corrected chi connectivity index (χ2v) is 16.9. The SMILES string of the molecule is O=C[C@@](O)(C(=O)c1cc(O)c(O)c(O)c1)[C@](O)(C(=O)c1cc(O)c(O)c(O)c1)[C@@](O)(C(=O)c1cc(O)c(O)c(O)c1)[C@@](O)(C(=O)c1cc(O)c(O)c(O)c1)C(O)(C(=O)c1cc(O)c(O)c(O)c1)C(=O)c1cc(O)c(O)c(O)c1. The number of aliphatic hydroxyl groups is 5. The minimum absolute atomic E-state index is 0.0534. The Balaban J connectivity index is 2.05. The normalized spacial score (nSPS) is 14.6. The summed E-state index contributed by atoms with van der Waals surface area (Å²) < 4.78 is 0. The van der Waals surface area contributed by atoms with E-state index in [1.54, 1.807) is 0 Å². The molecule has 30 heteroatoms. The minimum atomic E-state index is -6.37. The first-order valence-corrected chi connectivity index (χ1v) is 20.8. The molecule has 408 valence electrons. The standard InChI is InChI=1S/C48H36O30/c49-13-44(74,38(68)14-1-20(50)32(62)21(51)2-14)46(76,41(71)17-7-26(56)35(65)27(57)8-17)48(78,43(73)19-11-30(60)37(67)31(61)12-19)47(77,42(72)18-9-28(58)36(66)29(59)10-18)45(75,39(69)15-3-22(52)33(63)23(53)4-15)40(70)16-5-24(54)34(64)25(55)6-16/h1-13,50-67,74-78H/t44-,46-,47-,48+/m1/s1. The summed E-state index contributed by atoms with van der Waals surface area (Å²) in [6.07, 6.45) is -1.43. The number of aldehydes is 1. The molecule has 0 spiro atoms. The molecule has 30 nitrogen and oxygen atoms in total. The predicted molar refractivity (Wildman–Crippen MR) is 245 cm³/mol. The molecule has 6 aromatic carbocycles. The van der Waals surface area contributed by atoms with E-state index in [9.17, 15) is 127 Å². The summed E-state index contributed by atoms with van der Waals surface area (Å²) >= 11 is 0. The van der Waals surface area contributed by atoms with Crippen LogP contribution in [0.4, 0.5) is 0 Å². The van der Waals surface area contributed by atoms with Crippen LogP contribution in [0.5, 0.6) is 103 Å². The number of Topliss-reactive ketones (excluding diaryl/α,β-unsaturated/α-hetero) is 6. The lowest BCUT2D eigenvalue weighted by Crippen LogP contribution is -2.90. The maximum atomic E-state index is 15.9. The predicted octanol–water partition coefficient (Wildman–Crippen LogP) is -1.16. The summed E-state index contributed by atoms with van der Waals surface area (Å²) in [6, 6.07) is -1.63. The lowest BCUT2D eigenvalue weighted by atomic mass is 9.50. The van der Waals surface area contributed by atoms with Gasteiger partial charge in [-0.3, -0.25) is 33.6 Å². The van der Waals surface area contributed by atoms with Gasteiger partial charge >= 0.3 is 0 Å². The Hall–Kier alpha value is -10.8. The lowest BCUT2D eigenvalue weighted by molar-refractivity contribution is -0.245.